The largest absolute Gasteiger partial charge is 0.433 e. The molecule has 0 aliphatic rings. The molecular weight excluding hydrogens is 257 g/mol. The second-order valence-corrected chi connectivity index (χ2v) is 4.36. The van der Waals surface area contributed by atoms with Crippen LogP contribution < -0.4 is 4.74 Å². The number of hydrogen-bond donors (Lipinski definition) is 0. The van der Waals surface area contributed by atoms with Crippen molar-refractivity contribution in [3.63, 3.8) is 0 Å². The number of benzene rings is 1. The minimum absolute atomic E-state index is 0.0585. The first-order chi connectivity index (χ1) is 6.50. The molecule has 14 heavy (non-hydrogen) atoms. The van der Waals surface area contributed by atoms with Gasteiger partial charge in [-0.05, 0) is 28.9 Å². The van der Waals surface area contributed by atoms with Crippen LogP contribution in [0.3, 0.4) is 0 Å². The summed E-state index contributed by atoms with van der Waals surface area (Å²) in [6.45, 7) is -2.94. The van der Waals surface area contributed by atoms with E-state index >= 15 is 0 Å². The van der Waals surface area contributed by atoms with Crippen LogP contribution in [-0.4, -0.2) is 10.8 Å². The molecule has 0 aromatic heterocycles. The van der Waals surface area contributed by atoms with E-state index in [0.717, 1.165) is 0 Å². The fourth-order valence-corrected chi connectivity index (χ4v) is 1.74. The maximum atomic E-state index is 11.8. The first-order valence-electron chi connectivity index (χ1n) is 3.33. The maximum Gasteiger partial charge on any atom is 0.387 e. The van der Waals surface area contributed by atoms with Gasteiger partial charge in [0, 0.05) is 0 Å². The summed E-state index contributed by atoms with van der Waals surface area (Å²) >= 11 is 5.57. The third kappa shape index (κ3) is 3.08. The third-order valence-electron chi connectivity index (χ3n) is 1.30. The topological polar surface area (TPSA) is 26.3 Å². The molecule has 0 saturated heterocycles. The molecule has 1 rings (SSSR count). The van der Waals surface area contributed by atoms with E-state index in [4.69, 9.17) is 22.3 Å². The SMILES string of the molecule is O=S(Cl)c1ccc(OC(F)F)c(Cl)c1. The van der Waals surface area contributed by atoms with Crippen molar-refractivity contribution in [2.45, 2.75) is 11.5 Å². The van der Waals surface area contributed by atoms with Crippen LogP contribution in [0.15, 0.2) is 23.1 Å². The van der Waals surface area contributed by atoms with E-state index in [1.54, 1.807) is 0 Å². The lowest BCUT2D eigenvalue weighted by molar-refractivity contribution is -0.0498. The standard InChI is InChI=1S/C7H4Cl2F2O2S/c8-5-3-4(14(9)12)1-2-6(5)13-7(10)11/h1-3,7H. The molecule has 78 valence electrons. The average molecular weight is 261 g/mol. The summed E-state index contributed by atoms with van der Waals surface area (Å²) in [5.74, 6) is -0.174. The van der Waals surface area contributed by atoms with Gasteiger partial charge in [-0.15, -0.1) is 0 Å². The Kier molecular flexibility index (Phi) is 4.10. The molecule has 7 heteroatoms. The predicted octanol–water partition coefficient (Wildman–Crippen LogP) is 3.20. The Morgan fingerprint density at radius 3 is 2.50 bits per heavy atom. The predicted molar refractivity (Wildman–Crippen MR) is 50.3 cm³/mol. The number of halogens is 4. The fourth-order valence-electron chi connectivity index (χ4n) is 0.773. The third-order valence-corrected chi connectivity index (χ3v) is 2.76. The number of ether oxygens (including phenoxy) is 1. The van der Waals surface area contributed by atoms with E-state index < -0.39 is 16.6 Å². The summed E-state index contributed by atoms with van der Waals surface area (Å²) in [7, 11) is 3.54. The zero-order chi connectivity index (χ0) is 10.7. The van der Waals surface area contributed by atoms with Gasteiger partial charge in [-0.25, -0.2) is 4.21 Å². The van der Waals surface area contributed by atoms with Crippen LogP contribution in [0.4, 0.5) is 8.78 Å². The van der Waals surface area contributed by atoms with Crippen molar-refractivity contribution in [1.82, 2.24) is 0 Å². The fraction of sp³-hybridized carbons (Fsp3) is 0.143. The number of rotatable bonds is 3. The molecule has 1 unspecified atom stereocenters. The van der Waals surface area contributed by atoms with E-state index in [-0.39, 0.29) is 15.7 Å². The number of alkyl halides is 2. The summed E-state index contributed by atoms with van der Waals surface area (Å²) in [5, 5.41) is -0.0585. The van der Waals surface area contributed by atoms with E-state index in [1.807, 2.05) is 0 Å². The summed E-state index contributed by atoms with van der Waals surface area (Å²) in [4.78, 5) is 0.235. The van der Waals surface area contributed by atoms with Gasteiger partial charge in [-0.1, -0.05) is 11.6 Å². The zero-order valence-electron chi connectivity index (χ0n) is 6.55. The van der Waals surface area contributed by atoms with Gasteiger partial charge in [-0.2, -0.15) is 8.78 Å². The molecule has 0 radical (unpaired) electrons. The minimum atomic E-state index is -2.94. The Morgan fingerprint density at radius 1 is 1.43 bits per heavy atom. The monoisotopic (exact) mass is 260 g/mol. The lowest BCUT2D eigenvalue weighted by Crippen LogP contribution is -2.02. The quantitative estimate of drug-likeness (QED) is 0.781. The molecule has 1 aromatic carbocycles. The van der Waals surface area contributed by atoms with Crippen LogP contribution in [0, 0.1) is 0 Å². The van der Waals surface area contributed by atoms with Gasteiger partial charge < -0.3 is 4.74 Å². The normalized spacial score (nSPS) is 12.9. The van der Waals surface area contributed by atoms with Crippen LogP contribution >= 0.6 is 22.3 Å². The summed E-state index contributed by atoms with van der Waals surface area (Å²) in [5.41, 5.74) is 0. The summed E-state index contributed by atoms with van der Waals surface area (Å²) in [6, 6.07) is 3.69. The van der Waals surface area contributed by atoms with E-state index in [1.165, 1.54) is 18.2 Å². The Morgan fingerprint density at radius 2 is 2.07 bits per heavy atom. The van der Waals surface area contributed by atoms with Crippen LogP contribution in [0.25, 0.3) is 0 Å². The van der Waals surface area contributed by atoms with Gasteiger partial charge in [0.2, 0.25) is 0 Å². The molecule has 1 aromatic rings. The summed E-state index contributed by atoms with van der Waals surface area (Å²) in [6.07, 6.45) is 0. The van der Waals surface area contributed by atoms with Crippen molar-refractivity contribution < 1.29 is 17.7 Å². The van der Waals surface area contributed by atoms with Crippen LogP contribution in [0.5, 0.6) is 5.75 Å². The van der Waals surface area contributed by atoms with Gasteiger partial charge in [0.15, 0.2) is 0 Å². The second-order valence-electron chi connectivity index (χ2n) is 2.19. The number of hydrogen-bond acceptors (Lipinski definition) is 2. The van der Waals surface area contributed by atoms with E-state index in [9.17, 15) is 13.0 Å². The van der Waals surface area contributed by atoms with Crippen molar-refractivity contribution in [1.29, 1.82) is 0 Å². The van der Waals surface area contributed by atoms with Crippen molar-refractivity contribution in [2.24, 2.45) is 0 Å². The Bertz CT molecular complexity index is 360. The highest BCUT2D eigenvalue weighted by Gasteiger charge is 2.10. The van der Waals surface area contributed by atoms with Gasteiger partial charge in [0.05, 0.1) is 9.92 Å². The zero-order valence-corrected chi connectivity index (χ0v) is 8.87. The molecule has 2 nitrogen and oxygen atoms in total. The lowest BCUT2D eigenvalue weighted by atomic mass is 10.3. The van der Waals surface area contributed by atoms with Crippen LogP contribution in [0.2, 0.25) is 5.02 Å². The maximum absolute atomic E-state index is 11.8. The molecule has 0 amide bonds. The minimum Gasteiger partial charge on any atom is -0.433 e. The molecule has 0 aliphatic carbocycles. The molecular formula is C7H4Cl2F2O2S. The second kappa shape index (κ2) is 4.91. The first kappa shape index (κ1) is 11.7. The van der Waals surface area contributed by atoms with Gasteiger partial charge in [0.1, 0.15) is 15.8 Å². The molecule has 0 saturated carbocycles. The Labute approximate surface area is 90.7 Å². The molecule has 0 heterocycles. The highest BCUT2D eigenvalue weighted by Crippen LogP contribution is 2.28. The van der Waals surface area contributed by atoms with Crippen molar-refractivity contribution in [3.05, 3.63) is 23.2 Å². The molecule has 1 atom stereocenters. The lowest BCUT2D eigenvalue weighted by Gasteiger charge is -2.06. The highest BCUT2D eigenvalue weighted by atomic mass is 35.7. The van der Waals surface area contributed by atoms with Gasteiger partial charge in [0.25, 0.3) is 0 Å². The van der Waals surface area contributed by atoms with Crippen LogP contribution in [-0.2, 0) is 10.0 Å². The van der Waals surface area contributed by atoms with Gasteiger partial charge in [-0.3, -0.25) is 0 Å². The molecule has 0 N–H and O–H groups in total. The van der Waals surface area contributed by atoms with Crippen molar-refractivity contribution in [3.8, 4) is 5.75 Å². The van der Waals surface area contributed by atoms with E-state index in [0.29, 0.717) is 0 Å². The highest BCUT2D eigenvalue weighted by molar-refractivity contribution is 8.08. The summed E-state index contributed by atoms with van der Waals surface area (Å²) < 4.78 is 38.4. The first-order valence-corrected chi connectivity index (χ1v) is 5.68. The average Bonchev–Trinajstić information content (AvgIpc) is 2.07. The van der Waals surface area contributed by atoms with Crippen molar-refractivity contribution >= 4 is 32.3 Å². The Hall–Kier alpha value is -0.390. The Balaban J connectivity index is 2.95. The molecule has 0 aliphatic heterocycles. The van der Waals surface area contributed by atoms with Crippen molar-refractivity contribution in [2.75, 3.05) is 0 Å². The van der Waals surface area contributed by atoms with E-state index in [2.05, 4.69) is 4.74 Å². The molecule has 0 bridgehead atoms. The molecule has 0 spiro atoms. The van der Waals surface area contributed by atoms with Gasteiger partial charge >= 0.3 is 6.61 Å². The smallest absolute Gasteiger partial charge is 0.387 e. The van der Waals surface area contributed by atoms with Crippen LogP contribution in [0.1, 0.15) is 0 Å². The molecule has 0 fully saturated rings.